The molecule has 0 aliphatic rings. The van der Waals surface area contributed by atoms with Crippen LogP contribution >= 0.6 is 55.1 Å². The molecule has 2 rings (SSSR count). The largest absolute Gasteiger partial charge is 0.496 e. The highest BCUT2D eigenvalue weighted by Crippen LogP contribution is 2.30. The van der Waals surface area contributed by atoms with Crippen molar-refractivity contribution < 1.29 is 18.9 Å². The van der Waals surface area contributed by atoms with Gasteiger partial charge in [-0.05, 0) is 117 Å². The van der Waals surface area contributed by atoms with E-state index >= 15 is 0 Å². The first-order valence-corrected chi connectivity index (χ1v) is 13.1. The first-order chi connectivity index (χ1) is 16.2. The maximum atomic E-state index is 5.65. The van der Waals surface area contributed by atoms with Gasteiger partial charge in [-0.1, -0.05) is 37.0 Å². The quantitative estimate of drug-likeness (QED) is 0.261. The van der Waals surface area contributed by atoms with Crippen LogP contribution in [0.25, 0.3) is 0 Å². The molecule has 0 bridgehead atoms. The van der Waals surface area contributed by atoms with Crippen LogP contribution in [0.4, 0.5) is 0 Å². The third-order valence-electron chi connectivity index (χ3n) is 4.80. The summed E-state index contributed by atoms with van der Waals surface area (Å²) in [5.74, 6) is 3.55. The van der Waals surface area contributed by atoms with E-state index in [1.54, 1.807) is 20.3 Å². The van der Waals surface area contributed by atoms with Gasteiger partial charge < -0.3 is 18.9 Å². The van der Waals surface area contributed by atoms with Crippen molar-refractivity contribution in [3.05, 3.63) is 66.6 Å². The van der Waals surface area contributed by atoms with Gasteiger partial charge in [-0.3, -0.25) is 0 Å². The summed E-state index contributed by atoms with van der Waals surface area (Å²) >= 11 is 17.6. The predicted octanol–water partition coefficient (Wildman–Crippen LogP) is 8.84. The van der Waals surface area contributed by atoms with Crippen molar-refractivity contribution in [1.82, 2.24) is 0 Å². The molecule has 0 radical (unpaired) electrons. The lowest BCUT2D eigenvalue weighted by Gasteiger charge is -2.13. The molecular weight excluding hydrogens is 607 g/mol. The van der Waals surface area contributed by atoms with E-state index in [9.17, 15) is 0 Å². The van der Waals surface area contributed by atoms with Gasteiger partial charge in [0.15, 0.2) is 0 Å². The van der Waals surface area contributed by atoms with Gasteiger partial charge in [-0.2, -0.15) is 0 Å². The summed E-state index contributed by atoms with van der Waals surface area (Å²) in [6.07, 6.45) is 5.34. The second-order valence-corrected chi connectivity index (χ2v) is 11.0. The minimum Gasteiger partial charge on any atom is -0.496 e. The van der Waals surface area contributed by atoms with E-state index in [4.69, 9.17) is 42.1 Å². The molecule has 0 spiro atoms. The van der Waals surface area contributed by atoms with E-state index < -0.39 is 0 Å². The van der Waals surface area contributed by atoms with E-state index in [2.05, 4.69) is 45.7 Å². The molecule has 2 aromatic carbocycles. The zero-order chi connectivity index (χ0) is 25.7. The van der Waals surface area contributed by atoms with Gasteiger partial charge in [-0.15, -0.1) is 0 Å². The monoisotopic (exact) mass is 636 g/mol. The number of methoxy groups -OCH3 is 2. The van der Waals surface area contributed by atoms with Crippen LogP contribution in [0.15, 0.2) is 44.3 Å². The molecule has 0 saturated carbocycles. The van der Waals surface area contributed by atoms with Gasteiger partial charge in [0.1, 0.15) is 40.7 Å². The van der Waals surface area contributed by atoms with Crippen molar-refractivity contribution in [3.63, 3.8) is 0 Å². The van der Waals surface area contributed by atoms with E-state index in [-0.39, 0.29) is 4.49 Å². The zero-order valence-electron chi connectivity index (χ0n) is 20.4. The fraction of sp³-hybridized carbons (Fsp3) is 0.385. The van der Waals surface area contributed by atoms with Crippen LogP contribution in [0.3, 0.4) is 0 Å². The zero-order valence-corrected chi connectivity index (χ0v) is 25.1. The molecule has 0 unspecified atom stereocenters. The predicted molar refractivity (Wildman–Crippen MR) is 151 cm³/mol. The van der Waals surface area contributed by atoms with Crippen LogP contribution in [0.1, 0.15) is 36.1 Å². The number of hydrogen-bond donors (Lipinski definition) is 0. The third-order valence-corrected chi connectivity index (χ3v) is 5.75. The molecule has 0 aromatic heterocycles. The first kappa shape index (κ1) is 30.7. The molecule has 0 fully saturated rings. The Bertz CT molecular complexity index is 904. The fourth-order valence-corrected chi connectivity index (χ4v) is 3.69. The van der Waals surface area contributed by atoms with Crippen LogP contribution < -0.4 is 18.9 Å². The molecule has 0 saturated heterocycles. The molecule has 0 heterocycles. The molecule has 0 aliphatic heterocycles. The van der Waals surface area contributed by atoms with Gasteiger partial charge >= 0.3 is 0 Å². The second kappa shape index (κ2) is 16.4. The Labute approximate surface area is 230 Å². The van der Waals surface area contributed by atoms with Crippen molar-refractivity contribution in [3.8, 4) is 23.0 Å². The molecule has 0 atom stereocenters. The van der Waals surface area contributed by atoms with Crippen LogP contribution in [-0.2, 0) is 12.8 Å². The van der Waals surface area contributed by atoms with Gasteiger partial charge in [0, 0.05) is 0 Å². The van der Waals surface area contributed by atoms with Gasteiger partial charge in [-0.25, -0.2) is 0 Å². The SMILES string of the molecule is CCc1cc(OCC=C(Br)Br)cc(C)c1OC.CCc1cc(OCC=C(Cl)Cl)cc(C)c1OC. The Morgan fingerprint density at radius 3 is 1.50 bits per heavy atom. The first-order valence-electron chi connectivity index (χ1n) is 10.8. The Hall–Kier alpha value is -1.34. The number of ether oxygens (including phenoxy) is 4. The highest BCUT2D eigenvalue weighted by molar-refractivity contribution is 9.28. The summed E-state index contributed by atoms with van der Waals surface area (Å²) in [6.45, 7) is 9.10. The molecule has 0 amide bonds. The standard InChI is InChI=1S/C13H16Br2O2.C13H16Cl2O2/c2*1-4-10-8-11(17-6-5-12(14)15)7-9(2)13(10)16-3/h2*5,7-8H,4,6H2,1-3H3. The Morgan fingerprint density at radius 1 is 0.765 bits per heavy atom. The van der Waals surface area contributed by atoms with Gasteiger partial charge in [0.25, 0.3) is 0 Å². The average Bonchev–Trinajstić information content (AvgIpc) is 2.78. The van der Waals surface area contributed by atoms with E-state index in [1.165, 1.54) is 5.56 Å². The summed E-state index contributed by atoms with van der Waals surface area (Å²) < 4.78 is 23.0. The molecule has 34 heavy (non-hydrogen) atoms. The second-order valence-electron chi connectivity index (χ2n) is 7.18. The highest BCUT2D eigenvalue weighted by Gasteiger charge is 2.09. The number of benzene rings is 2. The van der Waals surface area contributed by atoms with Crippen molar-refractivity contribution >= 4 is 55.1 Å². The molecule has 8 heteroatoms. The lowest BCUT2D eigenvalue weighted by Crippen LogP contribution is -1.98. The minimum absolute atomic E-state index is 0.214. The van der Waals surface area contributed by atoms with Crippen molar-refractivity contribution in [1.29, 1.82) is 0 Å². The third kappa shape index (κ3) is 10.5. The molecule has 4 nitrogen and oxygen atoms in total. The number of hydrogen-bond acceptors (Lipinski definition) is 4. The minimum atomic E-state index is 0.214. The number of aryl methyl sites for hydroxylation is 4. The summed E-state index contributed by atoms with van der Waals surface area (Å²) in [6, 6.07) is 7.94. The Kier molecular flexibility index (Phi) is 14.8. The van der Waals surface area contributed by atoms with E-state index in [0.29, 0.717) is 13.2 Å². The highest BCUT2D eigenvalue weighted by atomic mass is 79.9. The van der Waals surface area contributed by atoms with E-state index in [1.807, 2.05) is 44.2 Å². The topological polar surface area (TPSA) is 36.9 Å². The maximum absolute atomic E-state index is 5.65. The fourth-order valence-electron chi connectivity index (χ4n) is 3.30. The molecule has 0 aliphatic carbocycles. The maximum Gasteiger partial charge on any atom is 0.125 e. The Morgan fingerprint density at radius 2 is 1.18 bits per heavy atom. The lowest BCUT2D eigenvalue weighted by atomic mass is 10.1. The number of halogens is 4. The molecule has 0 N–H and O–H groups in total. The summed E-state index contributed by atoms with van der Waals surface area (Å²) in [4.78, 5) is 0. The van der Waals surface area contributed by atoms with Crippen molar-refractivity contribution in [2.75, 3.05) is 27.4 Å². The van der Waals surface area contributed by atoms with Crippen molar-refractivity contribution in [2.45, 2.75) is 40.5 Å². The molecular formula is C26H32Br2Cl2O4. The normalized spacial score (nSPS) is 9.94. The van der Waals surface area contributed by atoms with Crippen LogP contribution in [0, 0.1) is 13.8 Å². The molecule has 2 aromatic rings. The molecule has 188 valence electrons. The van der Waals surface area contributed by atoms with Gasteiger partial charge in [0.2, 0.25) is 0 Å². The summed E-state index contributed by atoms with van der Waals surface area (Å²) in [5.41, 5.74) is 4.46. The van der Waals surface area contributed by atoms with Crippen LogP contribution in [0.2, 0.25) is 0 Å². The summed E-state index contributed by atoms with van der Waals surface area (Å²) in [5, 5.41) is 0. The van der Waals surface area contributed by atoms with Gasteiger partial charge in [0.05, 0.1) is 17.6 Å². The van der Waals surface area contributed by atoms with E-state index in [0.717, 1.165) is 55.9 Å². The van der Waals surface area contributed by atoms with Crippen molar-refractivity contribution in [2.24, 2.45) is 0 Å². The summed E-state index contributed by atoms with van der Waals surface area (Å²) in [7, 11) is 3.38. The Balaban J connectivity index is 0.000000340. The smallest absolute Gasteiger partial charge is 0.125 e. The van der Waals surface area contributed by atoms with Crippen LogP contribution in [0.5, 0.6) is 23.0 Å². The van der Waals surface area contributed by atoms with Crippen LogP contribution in [-0.4, -0.2) is 27.4 Å². The lowest BCUT2D eigenvalue weighted by molar-refractivity contribution is 0.359. The average molecular weight is 639 g/mol. The number of rotatable bonds is 10.